The zero-order chi connectivity index (χ0) is 13.3. The molecule has 0 unspecified atom stereocenters. The van der Waals surface area contributed by atoms with Gasteiger partial charge in [0.1, 0.15) is 0 Å². The van der Waals surface area contributed by atoms with E-state index in [0.29, 0.717) is 27.8 Å². The molecule has 1 amide bonds. The fourth-order valence-electron chi connectivity index (χ4n) is 1.58. The molecule has 0 radical (unpaired) electrons. The highest BCUT2D eigenvalue weighted by Gasteiger charge is 2.12. The van der Waals surface area contributed by atoms with E-state index < -0.39 is 0 Å². The second-order valence-electron chi connectivity index (χ2n) is 4.08. The van der Waals surface area contributed by atoms with Gasteiger partial charge in [-0.3, -0.25) is 9.89 Å². The van der Waals surface area contributed by atoms with Crippen LogP contribution in [0.3, 0.4) is 0 Å². The van der Waals surface area contributed by atoms with Gasteiger partial charge in [-0.05, 0) is 37.6 Å². The summed E-state index contributed by atoms with van der Waals surface area (Å²) in [4.78, 5) is 12.0. The third-order valence-electron chi connectivity index (χ3n) is 2.53. The number of rotatable bonds is 2. The summed E-state index contributed by atoms with van der Waals surface area (Å²) in [6.07, 6.45) is 0. The van der Waals surface area contributed by atoms with E-state index >= 15 is 0 Å². The predicted octanol–water partition coefficient (Wildman–Crippen LogP) is 2.51. The second kappa shape index (κ2) is 4.70. The molecule has 1 aromatic heterocycles. The van der Waals surface area contributed by atoms with E-state index in [4.69, 9.17) is 17.3 Å². The Morgan fingerprint density at radius 2 is 2.11 bits per heavy atom. The Bertz CT molecular complexity index is 586. The fourth-order valence-corrected chi connectivity index (χ4v) is 1.87. The Hall–Kier alpha value is -2.01. The molecule has 1 heterocycles. The van der Waals surface area contributed by atoms with Gasteiger partial charge < -0.3 is 11.1 Å². The molecule has 0 saturated heterocycles. The normalized spacial score (nSPS) is 10.4. The number of anilines is 2. The van der Waals surface area contributed by atoms with Gasteiger partial charge in [-0.2, -0.15) is 5.10 Å². The SMILES string of the molecule is Cc1cc(Cl)cc(C(=O)Nc2n[nH]c(C)c2N)c1. The van der Waals surface area contributed by atoms with Gasteiger partial charge in [-0.15, -0.1) is 0 Å². The summed E-state index contributed by atoms with van der Waals surface area (Å²) in [5, 5.41) is 9.77. The van der Waals surface area contributed by atoms with E-state index in [1.165, 1.54) is 0 Å². The van der Waals surface area contributed by atoms with E-state index in [9.17, 15) is 4.79 Å². The molecule has 0 aliphatic carbocycles. The van der Waals surface area contributed by atoms with Gasteiger partial charge in [0.2, 0.25) is 0 Å². The molecule has 0 spiro atoms. The van der Waals surface area contributed by atoms with E-state index in [1.54, 1.807) is 25.1 Å². The molecule has 2 aromatic rings. The second-order valence-corrected chi connectivity index (χ2v) is 4.52. The number of H-pyrrole nitrogens is 1. The molecule has 4 N–H and O–H groups in total. The van der Waals surface area contributed by atoms with E-state index in [-0.39, 0.29) is 5.91 Å². The maximum Gasteiger partial charge on any atom is 0.256 e. The summed E-state index contributed by atoms with van der Waals surface area (Å²) in [7, 11) is 0. The number of nitrogens with zero attached hydrogens (tertiary/aromatic N) is 1. The quantitative estimate of drug-likeness (QED) is 0.779. The minimum atomic E-state index is -0.293. The first-order valence-corrected chi connectivity index (χ1v) is 5.74. The minimum absolute atomic E-state index is 0.293. The molecule has 6 heteroatoms. The molecular formula is C12H13ClN4O. The Kier molecular flexibility index (Phi) is 3.25. The van der Waals surface area contributed by atoms with Crippen molar-refractivity contribution in [1.82, 2.24) is 10.2 Å². The molecule has 0 bridgehead atoms. The molecule has 2 rings (SSSR count). The van der Waals surface area contributed by atoms with Gasteiger partial charge in [0.15, 0.2) is 5.82 Å². The molecule has 1 aromatic carbocycles. The van der Waals surface area contributed by atoms with Crippen molar-refractivity contribution in [1.29, 1.82) is 0 Å². The number of aryl methyl sites for hydroxylation is 2. The third kappa shape index (κ3) is 2.46. The molecule has 0 atom stereocenters. The van der Waals surface area contributed by atoms with Gasteiger partial charge in [0, 0.05) is 10.6 Å². The monoisotopic (exact) mass is 264 g/mol. The highest BCUT2D eigenvalue weighted by molar-refractivity contribution is 6.31. The van der Waals surface area contributed by atoms with Crippen molar-refractivity contribution in [2.45, 2.75) is 13.8 Å². The van der Waals surface area contributed by atoms with Gasteiger partial charge in [0.05, 0.1) is 11.4 Å². The number of carbonyl (C=O) groups excluding carboxylic acids is 1. The van der Waals surface area contributed by atoms with Crippen molar-refractivity contribution < 1.29 is 4.79 Å². The standard InChI is InChI=1S/C12H13ClN4O/c1-6-3-8(5-9(13)4-6)12(18)15-11-10(14)7(2)16-17-11/h3-5H,14H2,1-2H3,(H2,15,16,17,18). The first-order chi connectivity index (χ1) is 8.47. The maximum atomic E-state index is 12.0. The van der Waals surface area contributed by atoms with Gasteiger partial charge in [-0.25, -0.2) is 0 Å². The van der Waals surface area contributed by atoms with Crippen LogP contribution in [0, 0.1) is 13.8 Å². The Balaban J connectivity index is 2.24. The van der Waals surface area contributed by atoms with Crippen LogP contribution in [0.15, 0.2) is 18.2 Å². The Morgan fingerprint density at radius 3 is 2.67 bits per heavy atom. The molecule has 0 fully saturated rings. The summed E-state index contributed by atoms with van der Waals surface area (Å²) < 4.78 is 0. The van der Waals surface area contributed by atoms with Crippen LogP contribution < -0.4 is 11.1 Å². The molecule has 18 heavy (non-hydrogen) atoms. The number of benzene rings is 1. The lowest BCUT2D eigenvalue weighted by atomic mass is 10.1. The van der Waals surface area contributed by atoms with E-state index in [1.807, 2.05) is 6.92 Å². The topological polar surface area (TPSA) is 83.8 Å². The lowest BCUT2D eigenvalue weighted by Gasteiger charge is -2.05. The average molecular weight is 265 g/mol. The first-order valence-electron chi connectivity index (χ1n) is 5.36. The molecule has 0 aliphatic rings. The van der Waals surface area contributed by atoms with E-state index in [2.05, 4.69) is 15.5 Å². The summed E-state index contributed by atoms with van der Waals surface area (Å²) in [5.74, 6) is 0.0360. The number of carbonyl (C=O) groups is 1. The van der Waals surface area contributed by atoms with Crippen molar-refractivity contribution in [3.63, 3.8) is 0 Å². The Labute approximate surface area is 109 Å². The number of nitrogen functional groups attached to an aromatic ring is 1. The summed E-state index contributed by atoms with van der Waals surface area (Å²) in [6, 6.07) is 5.13. The summed E-state index contributed by atoms with van der Waals surface area (Å²) in [6.45, 7) is 3.65. The van der Waals surface area contributed by atoms with Crippen LogP contribution in [0.4, 0.5) is 11.5 Å². The van der Waals surface area contributed by atoms with Crippen LogP contribution in [-0.2, 0) is 0 Å². The van der Waals surface area contributed by atoms with Crippen LogP contribution in [0.25, 0.3) is 0 Å². The lowest BCUT2D eigenvalue weighted by Crippen LogP contribution is -2.13. The number of nitrogens with one attached hydrogen (secondary N) is 2. The highest BCUT2D eigenvalue weighted by atomic mass is 35.5. The number of hydrogen-bond donors (Lipinski definition) is 3. The van der Waals surface area contributed by atoms with Crippen molar-refractivity contribution in [2.24, 2.45) is 0 Å². The maximum absolute atomic E-state index is 12.0. The van der Waals surface area contributed by atoms with Crippen molar-refractivity contribution in [3.05, 3.63) is 40.0 Å². The van der Waals surface area contributed by atoms with Crippen LogP contribution in [0.1, 0.15) is 21.6 Å². The molecule has 0 saturated carbocycles. The van der Waals surface area contributed by atoms with Gasteiger partial charge in [-0.1, -0.05) is 11.6 Å². The largest absolute Gasteiger partial charge is 0.394 e. The van der Waals surface area contributed by atoms with Crippen LogP contribution in [0.5, 0.6) is 0 Å². The molecule has 0 aliphatic heterocycles. The van der Waals surface area contributed by atoms with E-state index in [0.717, 1.165) is 5.56 Å². The number of halogens is 1. The number of nitrogens with two attached hydrogens (primary N) is 1. The van der Waals surface area contributed by atoms with Gasteiger partial charge in [0.25, 0.3) is 5.91 Å². The Morgan fingerprint density at radius 1 is 1.39 bits per heavy atom. The molecular weight excluding hydrogens is 252 g/mol. The van der Waals surface area contributed by atoms with Crippen molar-refractivity contribution in [2.75, 3.05) is 11.1 Å². The number of aromatic nitrogens is 2. The fraction of sp³-hybridized carbons (Fsp3) is 0.167. The summed E-state index contributed by atoms with van der Waals surface area (Å²) >= 11 is 5.91. The first kappa shape index (κ1) is 12.4. The molecule has 5 nitrogen and oxygen atoms in total. The smallest absolute Gasteiger partial charge is 0.256 e. The number of aromatic amines is 1. The lowest BCUT2D eigenvalue weighted by molar-refractivity contribution is 0.102. The number of amides is 1. The van der Waals surface area contributed by atoms with Gasteiger partial charge >= 0.3 is 0 Å². The van der Waals surface area contributed by atoms with Crippen LogP contribution in [-0.4, -0.2) is 16.1 Å². The number of hydrogen-bond acceptors (Lipinski definition) is 3. The average Bonchev–Trinajstić information content (AvgIpc) is 2.59. The van der Waals surface area contributed by atoms with Crippen molar-refractivity contribution >= 4 is 29.0 Å². The van der Waals surface area contributed by atoms with Crippen molar-refractivity contribution in [3.8, 4) is 0 Å². The molecule has 94 valence electrons. The minimum Gasteiger partial charge on any atom is -0.394 e. The third-order valence-corrected chi connectivity index (χ3v) is 2.75. The summed E-state index contributed by atoms with van der Waals surface area (Å²) in [5.41, 5.74) is 8.29. The predicted molar refractivity (Wildman–Crippen MR) is 71.9 cm³/mol. The highest BCUT2D eigenvalue weighted by Crippen LogP contribution is 2.20. The zero-order valence-corrected chi connectivity index (χ0v) is 10.8. The van der Waals surface area contributed by atoms with Crippen LogP contribution in [0.2, 0.25) is 5.02 Å². The van der Waals surface area contributed by atoms with Crippen LogP contribution >= 0.6 is 11.6 Å². The zero-order valence-electron chi connectivity index (χ0n) is 10.0.